The van der Waals surface area contributed by atoms with Crippen LogP contribution in [0.2, 0.25) is 0 Å². The summed E-state index contributed by atoms with van der Waals surface area (Å²) < 4.78 is 0. The molecule has 1 unspecified atom stereocenters. The number of hydrogen-bond acceptors (Lipinski definition) is 1. The lowest BCUT2D eigenvalue weighted by Crippen LogP contribution is -2.12. The van der Waals surface area contributed by atoms with Gasteiger partial charge in [-0.1, -0.05) is 45.4 Å². The van der Waals surface area contributed by atoms with E-state index >= 15 is 0 Å². The first-order valence-electron chi connectivity index (χ1n) is 5.88. The molecule has 0 spiro atoms. The quantitative estimate of drug-likeness (QED) is 0.467. The molecule has 0 radical (unpaired) electrons. The van der Waals surface area contributed by atoms with Crippen molar-refractivity contribution in [3.05, 3.63) is 0 Å². The molecule has 0 amide bonds. The molecule has 0 bridgehead atoms. The lowest BCUT2D eigenvalue weighted by atomic mass is 9.98. The van der Waals surface area contributed by atoms with Gasteiger partial charge in [0.25, 0.3) is 0 Å². The van der Waals surface area contributed by atoms with Crippen molar-refractivity contribution in [1.82, 2.24) is 0 Å². The minimum absolute atomic E-state index is 0.332. The average molecular weight is 210 g/mol. The number of aliphatic carboxylic acids is 1. The van der Waals surface area contributed by atoms with Crippen molar-refractivity contribution in [2.45, 2.75) is 58.3 Å². The van der Waals surface area contributed by atoms with Crippen LogP contribution < -0.4 is 0 Å². The maximum atomic E-state index is 10.8. The van der Waals surface area contributed by atoms with Crippen molar-refractivity contribution in [3.63, 3.8) is 0 Å². The van der Waals surface area contributed by atoms with Crippen molar-refractivity contribution in [2.75, 3.05) is 0 Å². The summed E-state index contributed by atoms with van der Waals surface area (Å²) in [7, 11) is 0. The molecule has 0 heterocycles. The molecule has 0 fully saturated rings. The summed E-state index contributed by atoms with van der Waals surface area (Å²) in [6.07, 6.45) is 13.4. The Hall–Kier alpha value is -0.970. The van der Waals surface area contributed by atoms with E-state index < -0.39 is 5.97 Å². The number of carboxylic acid groups (broad SMARTS) is 1. The monoisotopic (exact) mass is 210 g/mol. The summed E-state index contributed by atoms with van der Waals surface area (Å²) in [5.41, 5.74) is 0. The van der Waals surface area contributed by atoms with Gasteiger partial charge in [0.05, 0.1) is 5.92 Å². The van der Waals surface area contributed by atoms with Gasteiger partial charge in [0.15, 0.2) is 0 Å². The summed E-state index contributed by atoms with van der Waals surface area (Å²) in [6, 6.07) is 0. The van der Waals surface area contributed by atoms with E-state index in [1.165, 1.54) is 25.7 Å². The van der Waals surface area contributed by atoms with E-state index in [1.807, 2.05) is 0 Å². The molecule has 0 aliphatic heterocycles. The molecule has 2 nitrogen and oxygen atoms in total. The van der Waals surface area contributed by atoms with Crippen LogP contribution >= 0.6 is 0 Å². The summed E-state index contributed by atoms with van der Waals surface area (Å²) in [5.74, 6) is 1.35. The third-order valence-electron chi connectivity index (χ3n) is 2.62. The summed E-state index contributed by atoms with van der Waals surface area (Å²) in [6.45, 7) is 2.19. The molecule has 0 saturated carbocycles. The van der Waals surface area contributed by atoms with E-state index in [-0.39, 0.29) is 5.92 Å². The minimum Gasteiger partial charge on any atom is -0.481 e. The van der Waals surface area contributed by atoms with E-state index in [1.54, 1.807) is 0 Å². The number of carboxylic acids is 1. The first-order valence-corrected chi connectivity index (χ1v) is 5.88. The van der Waals surface area contributed by atoms with E-state index in [0.717, 1.165) is 19.3 Å². The molecule has 0 aliphatic carbocycles. The second-order valence-corrected chi connectivity index (χ2v) is 4.00. The number of rotatable bonds is 9. The van der Waals surface area contributed by atoms with Crippen molar-refractivity contribution >= 4 is 5.97 Å². The topological polar surface area (TPSA) is 37.3 Å². The molecule has 0 aromatic heterocycles. The molecule has 1 N–H and O–H groups in total. The molecule has 0 aromatic carbocycles. The third kappa shape index (κ3) is 8.05. The molecule has 86 valence electrons. The molecule has 0 rings (SSSR count). The van der Waals surface area contributed by atoms with Gasteiger partial charge in [0, 0.05) is 6.42 Å². The molecule has 15 heavy (non-hydrogen) atoms. The lowest BCUT2D eigenvalue weighted by molar-refractivity contribution is -0.141. The minimum atomic E-state index is -0.749. The fourth-order valence-corrected chi connectivity index (χ4v) is 1.63. The van der Waals surface area contributed by atoms with Gasteiger partial charge in [-0.25, -0.2) is 0 Å². The van der Waals surface area contributed by atoms with Crippen LogP contribution in [0.4, 0.5) is 0 Å². The van der Waals surface area contributed by atoms with Crippen LogP contribution in [0.15, 0.2) is 0 Å². The van der Waals surface area contributed by atoms with Gasteiger partial charge in [0.1, 0.15) is 0 Å². The Morgan fingerprint density at radius 3 is 2.40 bits per heavy atom. The number of unbranched alkanes of at least 4 members (excludes halogenated alkanes) is 5. The molecule has 0 saturated heterocycles. The molecule has 1 atom stereocenters. The van der Waals surface area contributed by atoms with Crippen LogP contribution in [0.25, 0.3) is 0 Å². The van der Waals surface area contributed by atoms with Gasteiger partial charge in [0.2, 0.25) is 0 Å². The highest BCUT2D eigenvalue weighted by molar-refractivity contribution is 5.70. The largest absolute Gasteiger partial charge is 0.481 e. The smallest absolute Gasteiger partial charge is 0.307 e. The Labute approximate surface area is 93.1 Å². The highest BCUT2D eigenvalue weighted by Crippen LogP contribution is 2.15. The normalized spacial score (nSPS) is 12.0. The fourth-order valence-electron chi connectivity index (χ4n) is 1.63. The second-order valence-electron chi connectivity index (χ2n) is 4.00. The van der Waals surface area contributed by atoms with Crippen LogP contribution in [0.3, 0.4) is 0 Å². The Morgan fingerprint density at radius 1 is 1.27 bits per heavy atom. The van der Waals surface area contributed by atoms with Crippen LogP contribution in [-0.2, 0) is 4.79 Å². The highest BCUT2D eigenvalue weighted by atomic mass is 16.4. The second kappa shape index (κ2) is 9.58. The first kappa shape index (κ1) is 14.0. The zero-order chi connectivity index (χ0) is 11.5. The molecule has 0 aliphatic rings. The van der Waals surface area contributed by atoms with Crippen molar-refractivity contribution in [2.24, 2.45) is 5.92 Å². The summed E-state index contributed by atoms with van der Waals surface area (Å²) in [4.78, 5) is 10.8. The van der Waals surface area contributed by atoms with Gasteiger partial charge in [-0.2, -0.15) is 0 Å². The number of terminal acetylenes is 1. The van der Waals surface area contributed by atoms with Gasteiger partial charge < -0.3 is 5.11 Å². The average Bonchev–Trinajstić information content (AvgIpc) is 2.21. The van der Waals surface area contributed by atoms with Crippen LogP contribution in [-0.4, -0.2) is 11.1 Å². The molecular formula is C13H22O2. The fraction of sp³-hybridized carbons (Fsp3) is 0.769. The number of hydrogen-bond donors (Lipinski definition) is 1. The van der Waals surface area contributed by atoms with Crippen LogP contribution in [0.1, 0.15) is 58.3 Å². The maximum absolute atomic E-state index is 10.8. The molecular weight excluding hydrogens is 188 g/mol. The first-order chi connectivity index (χ1) is 7.22. The Bertz CT molecular complexity index is 203. The zero-order valence-electron chi connectivity index (χ0n) is 9.67. The van der Waals surface area contributed by atoms with Gasteiger partial charge >= 0.3 is 5.97 Å². The zero-order valence-corrected chi connectivity index (χ0v) is 9.67. The highest BCUT2D eigenvalue weighted by Gasteiger charge is 2.14. The Morgan fingerprint density at radius 2 is 1.87 bits per heavy atom. The predicted octanol–water partition coefficient (Wildman–Crippen LogP) is 3.46. The standard InChI is InChI=1S/C13H22O2/c1-3-5-6-7-8-9-11-12(10-4-2)13(14)15/h2,12H,3,5-11H2,1H3,(H,14,15). The van der Waals surface area contributed by atoms with Crippen LogP contribution in [0, 0.1) is 18.3 Å². The Balaban J connectivity index is 3.46. The van der Waals surface area contributed by atoms with Crippen molar-refractivity contribution in [1.29, 1.82) is 0 Å². The third-order valence-corrected chi connectivity index (χ3v) is 2.62. The molecule has 2 heteroatoms. The SMILES string of the molecule is C#CCC(CCCCCCCC)C(=O)O. The summed E-state index contributed by atoms with van der Waals surface area (Å²) in [5, 5.41) is 8.85. The van der Waals surface area contributed by atoms with Crippen LogP contribution in [0.5, 0.6) is 0 Å². The maximum Gasteiger partial charge on any atom is 0.307 e. The van der Waals surface area contributed by atoms with E-state index in [2.05, 4.69) is 12.8 Å². The Kier molecular flexibility index (Phi) is 8.96. The van der Waals surface area contributed by atoms with E-state index in [4.69, 9.17) is 11.5 Å². The van der Waals surface area contributed by atoms with Gasteiger partial charge in [-0.3, -0.25) is 4.79 Å². The van der Waals surface area contributed by atoms with Gasteiger partial charge in [-0.15, -0.1) is 12.3 Å². The predicted molar refractivity (Wildman–Crippen MR) is 62.6 cm³/mol. The molecule has 0 aromatic rings. The van der Waals surface area contributed by atoms with Crippen molar-refractivity contribution in [3.8, 4) is 12.3 Å². The van der Waals surface area contributed by atoms with E-state index in [9.17, 15) is 4.79 Å². The summed E-state index contributed by atoms with van der Waals surface area (Å²) >= 11 is 0. The van der Waals surface area contributed by atoms with Crippen molar-refractivity contribution < 1.29 is 9.90 Å². The van der Waals surface area contributed by atoms with E-state index in [0.29, 0.717) is 6.42 Å². The lowest BCUT2D eigenvalue weighted by Gasteiger charge is -2.08. The number of carbonyl (C=O) groups is 1. The van der Waals surface area contributed by atoms with Gasteiger partial charge in [-0.05, 0) is 6.42 Å².